The maximum atomic E-state index is 12.4. The summed E-state index contributed by atoms with van der Waals surface area (Å²) in [5.41, 5.74) is 2.30. The quantitative estimate of drug-likeness (QED) is 0.813. The molecule has 0 heterocycles. The highest BCUT2D eigenvalue weighted by Crippen LogP contribution is 2.20. The standard InChI is InChI=1S/C20H22ClN3O/c1-15(24(2)12-6-9-16-7-4-3-5-8-16)20(25)23-18-11-10-17(14-22)19(21)13-18/h3-5,7-8,10-11,13,15H,6,9,12H2,1-2H3,(H,23,25). The average Bonchev–Trinajstić information content (AvgIpc) is 2.62. The fourth-order valence-electron chi connectivity index (χ4n) is 2.50. The number of anilines is 1. The number of carbonyl (C=O) groups excluding carboxylic acids is 1. The highest BCUT2D eigenvalue weighted by molar-refractivity contribution is 6.32. The Morgan fingerprint density at radius 2 is 2.00 bits per heavy atom. The predicted octanol–water partition coefficient (Wildman–Crippen LogP) is 4.10. The first-order valence-corrected chi connectivity index (χ1v) is 8.63. The molecule has 0 aromatic heterocycles. The molecule has 0 spiro atoms. The Labute approximate surface area is 154 Å². The first kappa shape index (κ1) is 19.0. The van der Waals surface area contributed by atoms with E-state index in [1.807, 2.05) is 43.1 Å². The van der Waals surface area contributed by atoms with Crippen molar-refractivity contribution in [3.05, 3.63) is 64.7 Å². The van der Waals surface area contributed by atoms with Gasteiger partial charge in [-0.15, -0.1) is 0 Å². The normalized spacial score (nSPS) is 11.8. The van der Waals surface area contributed by atoms with Crippen molar-refractivity contribution in [3.63, 3.8) is 0 Å². The van der Waals surface area contributed by atoms with Crippen molar-refractivity contribution in [2.24, 2.45) is 0 Å². The largest absolute Gasteiger partial charge is 0.325 e. The number of aryl methyl sites for hydroxylation is 1. The number of rotatable bonds is 7. The summed E-state index contributed by atoms with van der Waals surface area (Å²) >= 11 is 6.00. The van der Waals surface area contributed by atoms with Crippen LogP contribution in [0.25, 0.3) is 0 Å². The van der Waals surface area contributed by atoms with Crippen LogP contribution in [0.1, 0.15) is 24.5 Å². The van der Waals surface area contributed by atoms with Gasteiger partial charge >= 0.3 is 0 Å². The molecule has 4 nitrogen and oxygen atoms in total. The molecule has 5 heteroatoms. The van der Waals surface area contributed by atoms with Crippen molar-refractivity contribution >= 4 is 23.2 Å². The molecule has 0 saturated carbocycles. The minimum atomic E-state index is -0.259. The first-order chi connectivity index (χ1) is 12.0. The van der Waals surface area contributed by atoms with E-state index in [0.717, 1.165) is 19.4 Å². The highest BCUT2D eigenvalue weighted by Gasteiger charge is 2.18. The van der Waals surface area contributed by atoms with Crippen LogP contribution < -0.4 is 5.32 Å². The fraction of sp³-hybridized carbons (Fsp3) is 0.300. The molecule has 0 aliphatic rings. The van der Waals surface area contributed by atoms with E-state index < -0.39 is 0 Å². The highest BCUT2D eigenvalue weighted by atomic mass is 35.5. The van der Waals surface area contributed by atoms with Crippen LogP contribution in [0.4, 0.5) is 5.69 Å². The minimum absolute atomic E-state index is 0.0945. The Hall–Kier alpha value is -2.35. The smallest absolute Gasteiger partial charge is 0.241 e. The van der Waals surface area contributed by atoms with Gasteiger partial charge in [0.15, 0.2) is 0 Å². The van der Waals surface area contributed by atoms with E-state index >= 15 is 0 Å². The first-order valence-electron chi connectivity index (χ1n) is 8.26. The number of nitriles is 1. The Morgan fingerprint density at radius 3 is 2.64 bits per heavy atom. The second-order valence-corrected chi connectivity index (χ2v) is 6.45. The number of nitrogens with one attached hydrogen (secondary N) is 1. The lowest BCUT2D eigenvalue weighted by molar-refractivity contribution is -0.120. The monoisotopic (exact) mass is 355 g/mol. The lowest BCUT2D eigenvalue weighted by Gasteiger charge is -2.24. The summed E-state index contributed by atoms with van der Waals surface area (Å²) < 4.78 is 0. The Morgan fingerprint density at radius 1 is 1.28 bits per heavy atom. The van der Waals surface area contributed by atoms with Gasteiger partial charge < -0.3 is 5.32 Å². The summed E-state index contributed by atoms with van der Waals surface area (Å²) in [5.74, 6) is -0.0945. The van der Waals surface area contributed by atoms with Crippen LogP contribution in [-0.4, -0.2) is 30.4 Å². The summed E-state index contributed by atoms with van der Waals surface area (Å²) in [5, 5.41) is 12.1. The van der Waals surface area contributed by atoms with E-state index in [-0.39, 0.29) is 11.9 Å². The molecular weight excluding hydrogens is 334 g/mol. The van der Waals surface area contributed by atoms with E-state index in [4.69, 9.17) is 16.9 Å². The van der Waals surface area contributed by atoms with Gasteiger partial charge in [0.1, 0.15) is 6.07 Å². The molecule has 130 valence electrons. The van der Waals surface area contributed by atoms with Gasteiger partial charge in [-0.25, -0.2) is 0 Å². The molecule has 1 unspecified atom stereocenters. The number of nitrogens with zero attached hydrogens (tertiary/aromatic N) is 2. The molecule has 0 bridgehead atoms. The number of carbonyl (C=O) groups is 1. The third kappa shape index (κ3) is 5.60. The van der Waals surface area contributed by atoms with E-state index in [9.17, 15) is 4.79 Å². The number of amides is 1. The van der Waals surface area contributed by atoms with Crippen molar-refractivity contribution in [2.45, 2.75) is 25.8 Å². The van der Waals surface area contributed by atoms with Crippen LogP contribution in [0.3, 0.4) is 0 Å². The van der Waals surface area contributed by atoms with Crippen LogP contribution in [0.5, 0.6) is 0 Å². The zero-order valence-corrected chi connectivity index (χ0v) is 15.3. The maximum Gasteiger partial charge on any atom is 0.241 e. The van der Waals surface area contributed by atoms with Crippen LogP contribution in [0.2, 0.25) is 5.02 Å². The Kier molecular flexibility index (Phi) is 7.00. The molecule has 0 aliphatic carbocycles. The van der Waals surface area contributed by atoms with Gasteiger partial charge in [-0.2, -0.15) is 5.26 Å². The van der Waals surface area contributed by atoms with E-state index in [1.54, 1.807) is 18.2 Å². The number of halogens is 1. The van der Waals surface area contributed by atoms with Gasteiger partial charge in [-0.05, 0) is 57.1 Å². The Balaban J connectivity index is 1.84. The van der Waals surface area contributed by atoms with Crippen LogP contribution in [0.15, 0.2) is 48.5 Å². The number of hydrogen-bond acceptors (Lipinski definition) is 3. The molecular formula is C20H22ClN3O. The third-order valence-electron chi connectivity index (χ3n) is 4.22. The molecule has 2 rings (SSSR count). The second-order valence-electron chi connectivity index (χ2n) is 6.04. The molecule has 25 heavy (non-hydrogen) atoms. The van der Waals surface area contributed by atoms with Gasteiger partial charge in [-0.3, -0.25) is 9.69 Å². The van der Waals surface area contributed by atoms with Crippen LogP contribution in [-0.2, 0) is 11.2 Å². The van der Waals surface area contributed by atoms with Crippen molar-refractivity contribution in [1.29, 1.82) is 5.26 Å². The maximum absolute atomic E-state index is 12.4. The zero-order valence-electron chi connectivity index (χ0n) is 14.5. The summed E-state index contributed by atoms with van der Waals surface area (Å²) in [6.45, 7) is 2.71. The summed E-state index contributed by atoms with van der Waals surface area (Å²) in [6, 6.07) is 16.9. The van der Waals surface area contributed by atoms with Gasteiger partial charge in [0, 0.05) is 5.69 Å². The van der Waals surface area contributed by atoms with E-state index in [0.29, 0.717) is 16.3 Å². The molecule has 0 aliphatic heterocycles. The van der Waals surface area contributed by atoms with Crippen molar-refractivity contribution in [3.8, 4) is 6.07 Å². The summed E-state index contributed by atoms with van der Waals surface area (Å²) in [4.78, 5) is 14.4. The third-order valence-corrected chi connectivity index (χ3v) is 4.53. The van der Waals surface area contributed by atoms with E-state index in [2.05, 4.69) is 17.4 Å². The number of hydrogen-bond donors (Lipinski definition) is 1. The molecule has 2 aromatic carbocycles. The predicted molar refractivity (Wildman–Crippen MR) is 102 cm³/mol. The van der Waals surface area contributed by atoms with Gasteiger partial charge in [0.25, 0.3) is 0 Å². The fourth-order valence-corrected chi connectivity index (χ4v) is 2.72. The molecule has 0 saturated heterocycles. The topological polar surface area (TPSA) is 56.1 Å². The molecule has 0 fully saturated rings. The van der Waals surface area contributed by atoms with Crippen molar-refractivity contribution < 1.29 is 4.79 Å². The van der Waals surface area contributed by atoms with Crippen LogP contribution in [0, 0.1) is 11.3 Å². The molecule has 2 aromatic rings. The van der Waals surface area contributed by atoms with Gasteiger partial charge in [0.05, 0.1) is 16.6 Å². The number of benzene rings is 2. The minimum Gasteiger partial charge on any atom is -0.325 e. The number of likely N-dealkylation sites (N-methyl/N-ethyl adjacent to an activating group) is 1. The molecule has 1 atom stereocenters. The molecule has 1 amide bonds. The van der Waals surface area contributed by atoms with E-state index in [1.165, 1.54) is 5.56 Å². The molecule has 1 N–H and O–H groups in total. The zero-order chi connectivity index (χ0) is 18.2. The second kappa shape index (κ2) is 9.22. The summed E-state index contributed by atoms with van der Waals surface area (Å²) in [6.07, 6.45) is 1.98. The van der Waals surface area contributed by atoms with Crippen molar-refractivity contribution in [2.75, 3.05) is 18.9 Å². The lowest BCUT2D eigenvalue weighted by Crippen LogP contribution is -2.40. The lowest BCUT2D eigenvalue weighted by atomic mass is 10.1. The Bertz CT molecular complexity index is 755. The van der Waals surface area contributed by atoms with Crippen molar-refractivity contribution in [1.82, 2.24) is 4.90 Å². The molecule has 0 radical (unpaired) electrons. The van der Waals surface area contributed by atoms with Gasteiger partial charge in [0.2, 0.25) is 5.91 Å². The van der Waals surface area contributed by atoms with Crippen LogP contribution >= 0.6 is 11.6 Å². The van der Waals surface area contributed by atoms with Gasteiger partial charge in [-0.1, -0.05) is 41.9 Å². The summed E-state index contributed by atoms with van der Waals surface area (Å²) in [7, 11) is 1.95. The SMILES string of the molecule is CC(C(=O)Nc1ccc(C#N)c(Cl)c1)N(C)CCCc1ccccc1. The average molecular weight is 356 g/mol.